The van der Waals surface area contributed by atoms with Crippen LogP contribution in [0.4, 0.5) is 0 Å². The maximum atomic E-state index is 10.9. The Hall–Kier alpha value is -0.570. The predicted molar refractivity (Wildman–Crippen MR) is 53.7 cm³/mol. The lowest BCUT2D eigenvalue weighted by atomic mass is 9.98. The number of carbonyl (C=O) groups excluding carboxylic acids is 1. The summed E-state index contributed by atoms with van der Waals surface area (Å²) in [6.45, 7) is 1.51. The van der Waals surface area contributed by atoms with Crippen molar-refractivity contribution >= 4 is 5.97 Å². The number of piperidine rings is 1. The second-order valence-corrected chi connectivity index (χ2v) is 5.22. The smallest absolute Gasteiger partial charge is 0.302 e. The second kappa shape index (κ2) is 3.23. The number of hydrogen-bond donors (Lipinski definition) is 0. The molecule has 2 fully saturated rings. The molecule has 0 radical (unpaired) electrons. The normalized spacial score (nSPS) is 39.5. The van der Waals surface area contributed by atoms with E-state index < -0.39 is 0 Å². The van der Waals surface area contributed by atoms with Gasteiger partial charge in [0.25, 0.3) is 0 Å². The molecule has 2 rings (SSSR count). The van der Waals surface area contributed by atoms with E-state index in [9.17, 15) is 4.79 Å². The van der Waals surface area contributed by atoms with Gasteiger partial charge >= 0.3 is 5.97 Å². The number of ether oxygens (including phenoxy) is 1. The first-order valence-electron chi connectivity index (χ1n) is 5.50. The topological polar surface area (TPSA) is 26.3 Å². The lowest BCUT2D eigenvalue weighted by Crippen LogP contribution is -2.56. The van der Waals surface area contributed by atoms with Gasteiger partial charge in [-0.2, -0.15) is 0 Å². The van der Waals surface area contributed by atoms with Gasteiger partial charge < -0.3 is 9.22 Å². The molecule has 14 heavy (non-hydrogen) atoms. The number of hydrogen-bond acceptors (Lipinski definition) is 2. The summed E-state index contributed by atoms with van der Waals surface area (Å²) in [5, 5.41) is 0. The van der Waals surface area contributed by atoms with Crippen molar-refractivity contribution in [1.82, 2.24) is 0 Å². The third kappa shape index (κ3) is 1.54. The van der Waals surface area contributed by atoms with Gasteiger partial charge in [0.05, 0.1) is 26.2 Å². The number of rotatable bonds is 1. The van der Waals surface area contributed by atoms with E-state index in [2.05, 4.69) is 14.1 Å². The third-order valence-electron chi connectivity index (χ3n) is 4.12. The monoisotopic (exact) mass is 198 g/mol. The van der Waals surface area contributed by atoms with E-state index in [4.69, 9.17) is 4.74 Å². The van der Waals surface area contributed by atoms with Crippen LogP contribution in [0.25, 0.3) is 0 Å². The quantitative estimate of drug-likeness (QED) is 0.469. The highest BCUT2D eigenvalue weighted by Crippen LogP contribution is 2.40. The fraction of sp³-hybridized carbons (Fsp3) is 0.909. The molecule has 2 aliphatic heterocycles. The summed E-state index contributed by atoms with van der Waals surface area (Å²) in [4.78, 5) is 10.9. The van der Waals surface area contributed by atoms with Crippen molar-refractivity contribution in [3.05, 3.63) is 0 Å². The zero-order valence-electron chi connectivity index (χ0n) is 9.32. The van der Waals surface area contributed by atoms with Crippen LogP contribution in [0.2, 0.25) is 0 Å². The molecule has 2 bridgehead atoms. The van der Waals surface area contributed by atoms with Crippen molar-refractivity contribution in [2.45, 2.75) is 50.8 Å². The van der Waals surface area contributed by atoms with Crippen molar-refractivity contribution < 1.29 is 14.0 Å². The number of nitrogens with zero attached hydrogens (tertiary/aromatic N) is 1. The Balaban J connectivity index is 2.02. The molecule has 3 heteroatoms. The predicted octanol–water partition coefficient (Wildman–Crippen LogP) is 1.32. The standard InChI is InChI=1S/C11H20NO2/c1-8(13)14-11-6-9-4-5-10(7-11)12(9,2)3/h9-11H,4-7H2,1-3H3/q+1. The Morgan fingerprint density at radius 3 is 2.14 bits per heavy atom. The summed E-state index contributed by atoms with van der Waals surface area (Å²) in [6, 6.07) is 1.41. The zero-order chi connectivity index (χ0) is 10.3. The largest absolute Gasteiger partial charge is 0.462 e. The maximum absolute atomic E-state index is 10.9. The van der Waals surface area contributed by atoms with Crippen LogP contribution in [0.5, 0.6) is 0 Å². The minimum absolute atomic E-state index is 0.124. The van der Waals surface area contributed by atoms with Crippen molar-refractivity contribution in [3.8, 4) is 0 Å². The summed E-state index contributed by atoms with van der Waals surface area (Å²) in [5.74, 6) is -0.124. The number of quaternary nitrogens is 1. The Morgan fingerprint density at radius 2 is 1.71 bits per heavy atom. The lowest BCUT2D eigenvalue weighted by Gasteiger charge is -2.43. The first-order valence-corrected chi connectivity index (χ1v) is 5.50. The van der Waals surface area contributed by atoms with Crippen LogP contribution in [0.15, 0.2) is 0 Å². The summed E-state index contributed by atoms with van der Waals surface area (Å²) in [5.41, 5.74) is 0. The minimum Gasteiger partial charge on any atom is -0.462 e. The van der Waals surface area contributed by atoms with Crippen LogP contribution in [0.1, 0.15) is 32.6 Å². The lowest BCUT2D eigenvalue weighted by molar-refractivity contribution is -0.931. The summed E-state index contributed by atoms with van der Waals surface area (Å²) in [6.07, 6.45) is 4.91. The molecule has 0 N–H and O–H groups in total. The van der Waals surface area contributed by atoms with Crippen molar-refractivity contribution in [3.63, 3.8) is 0 Å². The Kier molecular flexibility index (Phi) is 2.30. The molecule has 0 aromatic heterocycles. The van der Waals surface area contributed by atoms with Gasteiger partial charge in [0.2, 0.25) is 0 Å². The Morgan fingerprint density at radius 1 is 1.21 bits per heavy atom. The molecule has 0 amide bonds. The highest BCUT2D eigenvalue weighted by molar-refractivity contribution is 5.66. The highest BCUT2D eigenvalue weighted by atomic mass is 16.5. The molecule has 0 aromatic carbocycles. The van der Waals surface area contributed by atoms with E-state index >= 15 is 0 Å². The third-order valence-corrected chi connectivity index (χ3v) is 4.12. The van der Waals surface area contributed by atoms with Gasteiger partial charge in [0, 0.05) is 32.6 Å². The Bertz CT molecular complexity index is 234. The SMILES string of the molecule is CC(=O)OC1CC2CCC(C1)[N+]2(C)C. The molecule has 2 saturated heterocycles. The average molecular weight is 198 g/mol. The van der Waals surface area contributed by atoms with Gasteiger partial charge in [0.1, 0.15) is 6.10 Å². The number of carbonyl (C=O) groups is 1. The molecule has 3 nitrogen and oxygen atoms in total. The van der Waals surface area contributed by atoms with Crippen LogP contribution < -0.4 is 0 Å². The molecule has 2 aliphatic rings. The van der Waals surface area contributed by atoms with Gasteiger partial charge in [-0.1, -0.05) is 0 Å². The summed E-state index contributed by atoms with van der Waals surface area (Å²) in [7, 11) is 4.62. The summed E-state index contributed by atoms with van der Waals surface area (Å²) >= 11 is 0. The van der Waals surface area contributed by atoms with Gasteiger partial charge in [0.15, 0.2) is 0 Å². The number of esters is 1. The van der Waals surface area contributed by atoms with E-state index in [1.807, 2.05) is 0 Å². The first kappa shape index (κ1) is 9.97. The molecular formula is C11H20NO2+. The van der Waals surface area contributed by atoms with Crippen LogP contribution in [0.3, 0.4) is 0 Å². The second-order valence-electron chi connectivity index (χ2n) is 5.22. The van der Waals surface area contributed by atoms with E-state index in [0.717, 1.165) is 17.3 Å². The molecular weight excluding hydrogens is 178 g/mol. The van der Waals surface area contributed by atoms with Gasteiger partial charge in [-0.3, -0.25) is 4.79 Å². The molecule has 0 aliphatic carbocycles. The van der Waals surface area contributed by atoms with Gasteiger partial charge in [-0.15, -0.1) is 0 Å². The van der Waals surface area contributed by atoms with Crippen molar-refractivity contribution in [2.75, 3.05) is 14.1 Å². The molecule has 0 spiro atoms. The molecule has 2 atom stereocenters. The Labute approximate surface area is 85.6 Å². The van der Waals surface area contributed by atoms with Crippen LogP contribution in [-0.4, -0.2) is 42.7 Å². The van der Waals surface area contributed by atoms with Crippen LogP contribution in [0, 0.1) is 0 Å². The molecule has 0 saturated carbocycles. The van der Waals surface area contributed by atoms with E-state index in [0.29, 0.717) is 12.1 Å². The van der Waals surface area contributed by atoms with Crippen molar-refractivity contribution in [1.29, 1.82) is 0 Å². The number of fused-ring (bicyclic) bond motifs is 2. The fourth-order valence-corrected chi connectivity index (χ4v) is 3.16. The van der Waals surface area contributed by atoms with E-state index in [1.165, 1.54) is 19.8 Å². The van der Waals surface area contributed by atoms with Crippen LogP contribution >= 0.6 is 0 Å². The average Bonchev–Trinajstić information content (AvgIpc) is 2.30. The molecule has 2 heterocycles. The zero-order valence-corrected chi connectivity index (χ0v) is 9.32. The first-order chi connectivity index (χ1) is 6.50. The van der Waals surface area contributed by atoms with Gasteiger partial charge in [-0.05, 0) is 0 Å². The minimum atomic E-state index is -0.124. The fourth-order valence-electron chi connectivity index (χ4n) is 3.16. The summed E-state index contributed by atoms with van der Waals surface area (Å²) < 4.78 is 6.45. The van der Waals surface area contributed by atoms with Gasteiger partial charge in [-0.25, -0.2) is 0 Å². The van der Waals surface area contributed by atoms with Crippen molar-refractivity contribution in [2.24, 2.45) is 0 Å². The molecule has 0 aromatic rings. The van der Waals surface area contributed by atoms with E-state index in [-0.39, 0.29) is 12.1 Å². The molecule has 2 unspecified atom stereocenters. The van der Waals surface area contributed by atoms with Crippen LogP contribution in [-0.2, 0) is 9.53 Å². The van der Waals surface area contributed by atoms with E-state index in [1.54, 1.807) is 0 Å². The molecule has 80 valence electrons. The maximum Gasteiger partial charge on any atom is 0.302 e. The highest BCUT2D eigenvalue weighted by Gasteiger charge is 2.49.